The largest absolute Gasteiger partial charge is 0.492 e. The fourth-order valence-electron chi connectivity index (χ4n) is 2.84. The van der Waals surface area contributed by atoms with Crippen molar-refractivity contribution in [3.63, 3.8) is 0 Å². The van der Waals surface area contributed by atoms with Crippen LogP contribution in [-0.2, 0) is 9.59 Å². The van der Waals surface area contributed by atoms with Crippen LogP contribution in [0.25, 0.3) is 0 Å². The highest BCUT2D eigenvalue weighted by atomic mass is 79.9. The molecule has 22 heavy (non-hydrogen) atoms. The van der Waals surface area contributed by atoms with E-state index in [2.05, 4.69) is 21.2 Å². The molecule has 0 spiro atoms. The molecular formula is C15H16BrNO4S. The number of carbonyl (C=O) groups excluding carboxylic acids is 1. The molecule has 1 saturated heterocycles. The van der Waals surface area contributed by atoms with Gasteiger partial charge in [-0.2, -0.15) is 11.8 Å². The lowest BCUT2D eigenvalue weighted by molar-refractivity contribution is -0.148. The second-order valence-electron chi connectivity index (χ2n) is 5.53. The first-order chi connectivity index (χ1) is 10.5. The summed E-state index contributed by atoms with van der Waals surface area (Å²) in [7, 11) is 0. The summed E-state index contributed by atoms with van der Waals surface area (Å²) in [6.45, 7) is 0.252. The molecule has 2 N–H and O–H groups in total. The number of rotatable bonds is 3. The molecule has 0 aromatic heterocycles. The summed E-state index contributed by atoms with van der Waals surface area (Å²) >= 11 is 5.11. The number of carboxylic acid groups (broad SMARTS) is 1. The first-order valence-electron chi connectivity index (χ1n) is 7.07. The van der Waals surface area contributed by atoms with E-state index in [1.54, 1.807) is 11.8 Å². The molecule has 5 nitrogen and oxygen atoms in total. The zero-order valence-electron chi connectivity index (χ0n) is 11.8. The zero-order valence-corrected chi connectivity index (χ0v) is 14.2. The SMILES string of the molecule is O=C(NC1(C(=O)O)CCSCC1)C1COc2ccc(Br)cc21. The predicted octanol–water partition coefficient (Wildman–Crippen LogP) is 2.39. The Morgan fingerprint density at radius 1 is 1.36 bits per heavy atom. The fourth-order valence-corrected chi connectivity index (χ4v) is 4.41. The number of fused-ring (bicyclic) bond motifs is 1. The third kappa shape index (κ3) is 2.84. The Hall–Kier alpha value is -1.21. The Balaban J connectivity index is 1.81. The van der Waals surface area contributed by atoms with Crippen LogP contribution >= 0.6 is 27.7 Å². The molecule has 1 unspecified atom stereocenters. The highest BCUT2D eigenvalue weighted by Crippen LogP contribution is 2.37. The maximum absolute atomic E-state index is 12.6. The van der Waals surface area contributed by atoms with Gasteiger partial charge < -0.3 is 15.2 Å². The molecule has 2 aliphatic heterocycles. The maximum Gasteiger partial charge on any atom is 0.329 e. The second-order valence-corrected chi connectivity index (χ2v) is 7.68. The second kappa shape index (κ2) is 6.12. The van der Waals surface area contributed by atoms with Gasteiger partial charge in [0, 0.05) is 10.0 Å². The van der Waals surface area contributed by atoms with Crippen molar-refractivity contribution in [1.82, 2.24) is 5.32 Å². The summed E-state index contributed by atoms with van der Waals surface area (Å²) in [4.78, 5) is 24.3. The topological polar surface area (TPSA) is 75.6 Å². The Morgan fingerprint density at radius 3 is 2.77 bits per heavy atom. The Labute approximate surface area is 140 Å². The van der Waals surface area contributed by atoms with Crippen LogP contribution in [0.15, 0.2) is 22.7 Å². The van der Waals surface area contributed by atoms with Gasteiger partial charge in [-0.15, -0.1) is 0 Å². The minimum Gasteiger partial charge on any atom is -0.492 e. The van der Waals surface area contributed by atoms with Crippen LogP contribution in [0.5, 0.6) is 5.75 Å². The molecule has 1 aromatic carbocycles. The highest BCUT2D eigenvalue weighted by Gasteiger charge is 2.43. The summed E-state index contributed by atoms with van der Waals surface area (Å²) in [5.74, 6) is 0.497. The number of carbonyl (C=O) groups is 2. The predicted molar refractivity (Wildman–Crippen MR) is 87.4 cm³/mol. The highest BCUT2D eigenvalue weighted by molar-refractivity contribution is 9.10. The van der Waals surface area contributed by atoms with E-state index in [0.29, 0.717) is 18.6 Å². The number of ether oxygens (including phenoxy) is 1. The number of hydrogen-bond acceptors (Lipinski definition) is 4. The van der Waals surface area contributed by atoms with Gasteiger partial charge in [0.05, 0.1) is 0 Å². The van der Waals surface area contributed by atoms with Crippen molar-refractivity contribution < 1.29 is 19.4 Å². The minimum atomic E-state index is -1.14. The number of aliphatic carboxylic acids is 1. The molecule has 1 atom stereocenters. The van der Waals surface area contributed by atoms with Crippen molar-refractivity contribution >= 4 is 39.6 Å². The van der Waals surface area contributed by atoms with Crippen LogP contribution < -0.4 is 10.1 Å². The van der Waals surface area contributed by atoms with E-state index in [0.717, 1.165) is 21.5 Å². The van der Waals surface area contributed by atoms with Gasteiger partial charge in [0.25, 0.3) is 0 Å². The summed E-state index contributed by atoms with van der Waals surface area (Å²) in [6.07, 6.45) is 0.912. The van der Waals surface area contributed by atoms with Gasteiger partial charge in [-0.3, -0.25) is 4.79 Å². The van der Waals surface area contributed by atoms with E-state index in [1.807, 2.05) is 18.2 Å². The van der Waals surface area contributed by atoms with Crippen LogP contribution in [0.2, 0.25) is 0 Å². The monoisotopic (exact) mass is 385 g/mol. The molecule has 1 amide bonds. The van der Waals surface area contributed by atoms with Crippen LogP contribution in [0.1, 0.15) is 24.3 Å². The van der Waals surface area contributed by atoms with Crippen LogP contribution in [0.3, 0.4) is 0 Å². The lowest BCUT2D eigenvalue weighted by Crippen LogP contribution is -2.57. The van der Waals surface area contributed by atoms with Crippen LogP contribution in [0, 0.1) is 0 Å². The van der Waals surface area contributed by atoms with E-state index in [9.17, 15) is 14.7 Å². The van der Waals surface area contributed by atoms with Crippen LogP contribution in [0.4, 0.5) is 0 Å². The molecule has 3 rings (SSSR count). The minimum absolute atomic E-state index is 0.252. The van der Waals surface area contributed by atoms with Crippen molar-refractivity contribution in [1.29, 1.82) is 0 Å². The van der Waals surface area contributed by atoms with Crippen molar-refractivity contribution in [2.75, 3.05) is 18.1 Å². The van der Waals surface area contributed by atoms with Gasteiger partial charge in [0.1, 0.15) is 23.8 Å². The van der Waals surface area contributed by atoms with E-state index < -0.39 is 17.4 Å². The Bertz CT molecular complexity index is 616. The third-order valence-electron chi connectivity index (χ3n) is 4.19. The molecule has 0 aliphatic carbocycles. The zero-order chi connectivity index (χ0) is 15.7. The first kappa shape index (κ1) is 15.7. The van der Waals surface area contributed by atoms with Gasteiger partial charge in [0.2, 0.25) is 5.91 Å². The van der Waals surface area contributed by atoms with Gasteiger partial charge in [-0.1, -0.05) is 15.9 Å². The van der Waals surface area contributed by atoms with E-state index >= 15 is 0 Å². The maximum atomic E-state index is 12.6. The first-order valence-corrected chi connectivity index (χ1v) is 9.02. The lowest BCUT2D eigenvalue weighted by Gasteiger charge is -2.34. The van der Waals surface area contributed by atoms with Crippen LogP contribution in [-0.4, -0.2) is 40.6 Å². The van der Waals surface area contributed by atoms with Gasteiger partial charge in [-0.25, -0.2) is 4.79 Å². The van der Waals surface area contributed by atoms with Crippen molar-refractivity contribution in [2.24, 2.45) is 0 Å². The molecule has 1 aromatic rings. The van der Waals surface area contributed by atoms with Crippen molar-refractivity contribution in [3.05, 3.63) is 28.2 Å². The molecule has 0 radical (unpaired) electrons. The lowest BCUT2D eigenvalue weighted by atomic mass is 9.90. The number of benzene rings is 1. The summed E-state index contributed by atoms with van der Waals surface area (Å²) in [5, 5.41) is 12.3. The summed E-state index contributed by atoms with van der Waals surface area (Å²) in [5.41, 5.74) is -0.338. The molecule has 2 heterocycles. The summed E-state index contributed by atoms with van der Waals surface area (Å²) in [6, 6.07) is 5.53. The van der Waals surface area contributed by atoms with Crippen molar-refractivity contribution in [3.8, 4) is 5.75 Å². The number of halogens is 1. The van der Waals surface area contributed by atoms with E-state index in [4.69, 9.17) is 4.74 Å². The molecule has 7 heteroatoms. The van der Waals surface area contributed by atoms with Gasteiger partial charge >= 0.3 is 5.97 Å². The molecule has 1 fully saturated rings. The molecule has 2 aliphatic rings. The Morgan fingerprint density at radius 2 is 2.09 bits per heavy atom. The summed E-state index contributed by atoms with van der Waals surface area (Å²) < 4.78 is 6.41. The molecule has 118 valence electrons. The smallest absolute Gasteiger partial charge is 0.329 e. The number of amides is 1. The van der Waals surface area contributed by atoms with E-state index in [1.165, 1.54) is 0 Å². The number of carboxylic acids is 1. The van der Waals surface area contributed by atoms with Gasteiger partial charge in [-0.05, 0) is 42.5 Å². The standard InChI is InChI=1S/C15H16BrNO4S/c16-9-1-2-12-10(7-9)11(8-21-12)13(18)17-15(14(19)20)3-5-22-6-4-15/h1-2,7,11H,3-6,8H2,(H,17,18)(H,19,20). The third-order valence-corrected chi connectivity index (χ3v) is 5.67. The van der Waals surface area contributed by atoms with Gasteiger partial charge in [0.15, 0.2) is 0 Å². The fraction of sp³-hybridized carbons (Fsp3) is 0.467. The number of thioether (sulfide) groups is 1. The average molecular weight is 386 g/mol. The normalized spacial score (nSPS) is 22.5. The molecule has 0 bridgehead atoms. The molecular weight excluding hydrogens is 370 g/mol. The number of nitrogens with one attached hydrogen (secondary N) is 1. The number of hydrogen-bond donors (Lipinski definition) is 2. The quantitative estimate of drug-likeness (QED) is 0.835. The van der Waals surface area contributed by atoms with E-state index in [-0.39, 0.29) is 12.5 Å². The van der Waals surface area contributed by atoms with Crippen molar-refractivity contribution in [2.45, 2.75) is 24.3 Å². The Kier molecular flexibility index (Phi) is 4.36. The molecule has 0 saturated carbocycles. The average Bonchev–Trinajstić information content (AvgIpc) is 2.91.